The quantitative estimate of drug-likeness (QED) is 0.675. The molecule has 0 radical (unpaired) electrons. The monoisotopic (exact) mass is 300 g/mol. The molecule has 1 aromatic heterocycles. The van der Waals surface area contributed by atoms with Gasteiger partial charge in [0.25, 0.3) is 0 Å². The lowest BCUT2D eigenvalue weighted by atomic mass is 10.2. The van der Waals surface area contributed by atoms with Crippen LogP contribution in [0.25, 0.3) is 10.9 Å². The lowest BCUT2D eigenvalue weighted by Gasteiger charge is -2.07. The van der Waals surface area contributed by atoms with Gasteiger partial charge in [-0.15, -0.1) is 0 Å². The number of halogens is 1. The van der Waals surface area contributed by atoms with Crippen LogP contribution in [0.2, 0.25) is 5.02 Å². The minimum absolute atomic E-state index is 0.651. The van der Waals surface area contributed by atoms with Gasteiger partial charge >= 0.3 is 0 Å². The average molecular weight is 301 g/mol. The van der Waals surface area contributed by atoms with Crippen molar-refractivity contribution in [3.05, 3.63) is 65.3 Å². The van der Waals surface area contributed by atoms with Gasteiger partial charge in [-0.1, -0.05) is 35.9 Å². The van der Waals surface area contributed by atoms with Crippen LogP contribution in [-0.2, 0) is 6.54 Å². The maximum absolute atomic E-state index is 5.98. The molecule has 0 aliphatic heterocycles. The van der Waals surface area contributed by atoms with E-state index in [1.807, 2.05) is 54.7 Å². The van der Waals surface area contributed by atoms with E-state index in [2.05, 4.69) is 10.3 Å². The number of hydrogen-bond donors (Lipinski definition) is 2. The van der Waals surface area contributed by atoms with E-state index in [1.54, 1.807) is 0 Å². The van der Waals surface area contributed by atoms with Crippen molar-refractivity contribution in [1.82, 2.24) is 10.3 Å². The first-order chi connectivity index (χ1) is 10.3. The van der Waals surface area contributed by atoms with Crippen LogP contribution in [0.1, 0.15) is 5.56 Å². The van der Waals surface area contributed by atoms with E-state index >= 15 is 0 Å². The van der Waals surface area contributed by atoms with Crippen LogP contribution >= 0.6 is 11.6 Å². The third kappa shape index (κ3) is 3.57. The molecule has 0 aliphatic rings. The Morgan fingerprint density at radius 1 is 1.10 bits per heavy atom. The van der Waals surface area contributed by atoms with Crippen molar-refractivity contribution in [2.75, 3.05) is 13.2 Å². The van der Waals surface area contributed by atoms with Crippen LogP contribution in [-0.4, -0.2) is 18.1 Å². The van der Waals surface area contributed by atoms with Crippen molar-refractivity contribution in [2.24, 2.45) is 0 Å². The topological polar surface area (TPSA) is 37.0 Å². The Labute approximate surface area is 128 Å². The van der Waals surface area contributed by atoms with Crippen molar-refractivity contribution in [2.45, 2.75) is 6.54 Å². The Morgan fingerprint density at radius 3 is 2.81 bits per heavy atom. The number of para-hydroxylation sites is 1. The maximum atomic E-state index is 5.98. The van der Waals surface area contributed by atoms with Gasteiger partial charge in [-0.2, -0.15) is 0 Å². The number of hydrogen-bond acceptors (Lipinski definition) is 2. The molecular weight excluding hydrogens is 284 g/mol. The first-order valence-corrected chi connectivity index (χ1v) is 7.35. The highest BCUT2D eigenvalue weighted by molar-refractivity contribution is 6.31. The lowest BCUT2D eigenvalue weighted by Crippen LogP contribution is -2.20. The van der Waals surface area contributed by atoms with Crippen LogP contribution < -0.4 is 10.1 Å². The highest BCUT2D eigenvalue weighted by atomic mass is 35.5. The zero-order chi connectivity index (χ0) is 14.5. The molecular formula is C17H17ClN2O. The average Bonchev–Trinajstić information content (AvgIpc) is 2.90. The number of aromatic amines is 1. The Bertz CT molecular complexity index is 709. The van der Waals surface area contributed by atoms with Crippen LogP contribution in [0.15, 0.2) is 54.7 Å². The molecule has 3 nitrogen and oxygen atoms in total. The first kappa shape index (κ1) is 14.0. The fourth-order valence-electron chi connectivity index (χ4n) is 2.29. The first-order valence-electron chi connectivity index (χ1n) is 6.97. The third-order valence-corrected chi connectivity index (χ3v) is 3.57. The Balaban J connectivity index is 1.48. The molecule has 3 aromatic rings. The standard InChI is InChI=1S/C17H17ClN2O/c18-14-6-7-16-13(12-20-17(16)10-14)11-19-8-9-21-15-4-2-1-3-5-15/h1-7,10,12,19-20H,8-9,11H2. The second kappa shape index (κ2) is 6.66. The molecule has 0 bridgehead atoms. The molecule has 2 N–H and O–H groups in total. The second-order valence-electron chi connectivity index (χ2n) is 4.84. The molecule has 0 spiro atoms. The van der Waals surface area contributed by atoms with Gasteiger partial charge in [-0.05, 0) is 29.8 Å². The molecule has 0 amide bonds. The van der Waals surface area contributed by atoms with Gasteiger partial charge in [-0.3, -0.25) is 0 Å². The van der Waals surface area contributed by atoms with Crippen molar-refractivity contribution in [1.29, 1.82) is 0 Å². The van der Waals surface area contributed by atoms with E-state index in [0.717, 1.165) is 29.4 Å². The number of nitrogens with one attached hydrogen (secondary N) is 2. The molecule has 3 rings (SSSR count). The summed E-state index contributed by atoms with van der Waals surface area (Å²) < 4.78 is 5.64. The van der Waals surface area contributed by atoms with E-state index < -0.39 is 0 Å². The predicted octanol–water partition coefficient (Wildman–Crippen LogP) is 3.99. The zero-order valence-corrected chi connectivity index (χ0v) is 12.4. The smallest absolute Gasteiger partial charge is 0.119 e. The highest BCUT2D eigenvalue weighted by Crippen LogP contribution is 2.21. The van der Waals surface area contributed by atoms with Crippen LogP contribution in [0.3, 0.4) is 0 Å². The molecule has 21 heavy (non-hydrogen) atoms. The van der Waals surface area contributed by atoms with Gasteiger partial charge in [-0.25, -0.2) is 0 Å². The minimum atomic E-state index is 0.651. The van der Waals surface area contributed by atoms with Crippen molar-refractivity contribution in [3.8, 4) is 5.75 Å². The SMILES string of the molecule is Clc1ccc2c(CNCCOc3ccccc3)c[nH]c2c1. The second-order valence-corrected chi connectivity index (χ2v) is 5.28. The van der Waals surface area contributed by atoms with E-state index in [1.165, 1.54) is 10.9 Å². The summed E-state index contributed by atoms with van der Waals surface area (Å²) >= 11 is 5.98. The number of rotatable bonds is 6. The van der Waals surface area contributed by atoms with Gasteiger partial charge < -0.3 is 15.0 Å². The summed E-state index contributed by atoms with van der Waals surface area (Å²) in [5, 5.41) is 5.34. The molecule has 4 heteroatoms. The van der Waals surface area contributed by atoms with Gasteiger partial charge in [0.05, 0.1) is 0 Å². The fourth-order valence-corrected chi connectivity index (χ4v) is 2.46. The van der Waals surface area contributed by atoms with Gasteiger partial charge in [0.1, 0.15) is 12.4 Å². The Morgan fingerprint density at radius 2 is 1.95 bits per heavy atom. The van der Waals surface area contributed by atoms with E-state index in [0.29, 0.717) is 6.61 Å². The molecule has 0 fully saturated rings. The normalized spacial score (nSPS) is 10.9. The fraction of sp³-hybridized carbons (Fsp3) is 0.176. The molecule has 0 unspecified atom stereocenters. The van der Waals surface area contributed by atoms with Crippen LogP contribution in [0.4, 0.5) is 0 Å². The molecule has 1 heterocycles. The number of benzene rings is 2. The predicted molar refractivity (Wildman–Crippen MR) is 87.0 cm³/mol. The largest absolute Gasteiger partial charge is 0.492 e. The molecule has 0 saturated carbocycles. The summed E-state index contributed by atoms with van der Waals surface area (Å²) in [4.78, 5) is 3.24. The molecule has 2 aromatic carbocycles. The molecule has 0 saturated heterocycles. The van der Waals surface area contributed by atoms with Gasteiger partial charge in [0.15, 0.2) is 0 Å². The van der Waals surface area contributed by atoms with Gasteiger partial charge in [0.2, 0.25) is 0 Å². The summed E-state index contributed by atoms with van der Waals surface area (Å²) in [7, 11) is 0. The Hall–Kier alpha value is -1.97. The minimum Gasteiger partial charge on any atom is -0.492 e. The van der Waals surface area contributed by atoms with E-state index in [-0.39, 0.29) is 0 Å². The highest BCUT2D eigenvalue weighted by Gasteiger charge is 2.03. The summed E-state index contributed by atoms with van der Waals surface area (Å²) in [5.74, 6) is 0.904. The summed E-state index contributed by atoms with van der Waals surface area (Å²) in [6.45, 7) is 2.26. The van der Waals surface area contributed by atoms with Gasteiger partial charge in [0, 0.05) is 35.2 Å². The number of ether oxygens (including phenoxy) is 1. The van der Waals surface area contributed by atoms with Crippen LogP contribution in [0, 0.1) is 0 Å². The number of aromatic nitrogens is 1. The van der Waals surface area contributed by atoms with E-state index in [4.69, 9.17) is 16.3 Å². The Kier molecular flexibility index (Phi) is 4.43. The summed E-state index contributed by atoms with van der Waals surface area (Å²) in [5.41, 5.74) is 2.31. The lowest BCUT2D eigenvalue weighted by molar-refractivity contribution is 0.314. The number of H-pyrrole nitrogens is 1. The van der Waals surface area contributed by atoms with E-state index in [9.17, 15) is 0 Å². The van der Waals surface area contributed by atoms with Crippen molar-refractivity contribution in [3.63, 3.8) is 0 Å². The summed E-state index contributed by atoms with van der Waals surface area (Å²) in [6.07, 6.45) is 2.02. The zero-order valence-electron chi connectivity index (χ0n) is 11.6. The molecule has 108 valence electrons. The number of fused-ring (bicyclic) bond motifs is 1. The third-order valence-electron chi connectivity index (χ3n) is 3.34. The van der Waals surface area contributed by atoms with Crippen molar-refractivity contribution >= 4 is 22.5 Å². The maximum Gasteiger partial charge on any atom is 0.119 e. The summed E-state index contributed by atoms with van der Waals surface area (Å²) in [6, 6.07) is 15.8. The van der Waals surface area contributed by atoms with Crippen molar-refractivity contribution < 1.29 is 4.74 Å². The molecule has 0 atom stereocenters. The molecule has 0 aliphatic carbocycles. The van der Waals surface area contributed by atoms with Crippen LogP contribution in [0.5, 0.6) is 5.75 Å².